The third kappa shape index (κ3) is 1.69. The smallest absolute Gasteiger partial charge is 0.314 e. The fourth-order valence-electron chi connectivity index (χ4n) is 1.85. The van der Waals surface area contributed by atoms with Crippen LogP contribution in [0.4, 0.5) is 0 Å². The maximum absolute atomic E-state index is 11.5. The van der Waals surface area contributed by atoms with E-state index >= 15 is 0 Å². The average molecular weight is 186 g/mol. The number of esters is 1. The number of ether oxygens (including phenoxy) is 3. The highest BCUT2D eigenvalue weighted by atomic mass is 16.6. The second-order valence-electron chi connectivity index (χ2n) is 3.73. The zero-order valence-electron chi connectivity index (χ0n) is 7.75. The first-order valence-corrected chi connectivity index (χ1v) is 4.55. The Balaban J connectivity index is 2.03. The number of hydrogen-bond acceptors (Lipinski definition) is 4. The van der Waals surface area contributed by atoms with Crippen molar-refractivity contribution >= 4 is 5.97 Å². The maximum atomic E-state index is 11.5. The molecule has 0 spiro atoms. The topological polar surface area (TPSA) is 48.1 Å². The summed E-state index contributed by atoms with van der Waals surface area (Å²) in [6, 6.07) is 0. The number of epoxide rings is 1. The van der Waals surface area contributed by atoms with Crippen LogP contribution in [0.2, 0.25) is 0 Å². The minimum atomic E-state index is -0.421. The molecule has 2 unspecified atom stereocenters. The van der Waals surface area contributed by atoms with Crippen molar-refractivity contribution in [3.63, 3.8) is 0 Å². The molecule has 0 radical (unpaired) electrons. The van der Waals surface area contributed by atoms with E-state index < -0.39 is 5.41 Å². The van der Waals surface area contributed by atoms with Crippen molar-refractivity contribution in [3.05, 3.63) is 0 Å². The fourth-order valence-corrected chi connectivity index (χ4v) is 1.85. The van der Waals surface area contributed by atoms with Gasteiger partial charge >= 0.3 is 5.97 Å². The van der Waals surface area contributed by atoms with Gasteiger partial charge in [-0.2, -0.15) is 0 Å². The Bertz CT molecular complexity index is 204. The van der Waals surface area contributed by atoms with Crippen LogP contribution in [0.1, 0.15) is 12.8 Å². The lowest BCUT2D eigenvalue weighted by Gasteiger charge is -2.22. The molecule has 0 aromatic rings. The molecule has 2 heterocycles. The monoisotopic (exact) mass is 186 g/mol. The van der Waals surface area contributed by atoms with Gasteiger partial charge in [0, 0.05) is 6.61 Å². The molecule has 74 valence electrons. The molecular weight excluding hydrogens is 172 g/mol. The van der Waals surface area contributed by atoms with E-state index in [0.717, 1.165) is 19.4 Å². The van der Waals surface area contributed by atoms with Crippen molar-refractivity contribution in [3.8, 4) is 0 Å². The molecule has 2 atom stereocenters. The summed E-state index contributed by atoms with van der Waals surface area (Å²) in [5.41, 5.74) is -0.421. The average Bonchev–Trinajstić information content (AvgIpc) is 2.81. The molecule has 0 N–H and O–H groups in total. The standard InChI is InChI=1S/C9H14O4/c1-11-8(10)9(2-3-12-6-9)4-7-5-13-7/h7H,2-6H2,1H3. The Morgan fingerprint density at radius 2 is 2.46 bits per heavy atom. The van der Waals surface area contributed by atoms with Gasteiger partial charge in [-0.15, -0.1) is 0 Å². The minimum absolute atomic E-state index is 0.152. The number of carbonyl (C=O) groups is 1. The number of carbonyl (C=O) groups excluding carboxylic acids is 1. The molecular formula is C9H14O4. The molecule has 0 aromatic heterocycles. The summed E-state index contributed by atoms with van der Waals surface area (Å²) in [6.45, 7) is 1.92. The summed E-state index contributed by atoms with van der Waals surface area (Å²) < 4.78 is 15.2. The van der Waals surface area contributed by atoms with Gasteiger partial charge < -0.3 is 14.2 Å². The van der Waals surface area contributed by atoms with Crippen LogP contribution in [0.25, 0.3) is 0 Å². The van der Waals surface area contributed by atoms with Gasteiger partial charge in [0.05, 0.1) is 31.8 Å². The van der Waals surface area contributed by atoms with Gasteiger partial charge in [0.2, 0.25) is 0 Å². The summed E-state index contributed by atoms with van der Waals surface area (Å²) in [7, 11) is 1.43. The van der Waals surface area contributed by atoms with Crippen LogP contribution in [-0.4, -0.2) is 39.0 Å². The molecule has 0 aliphatic carbocycles. The summed E-state index contributed by atoms with van der Waals surface area (Å²) in [6.07, 6.45) is 1.76. The Labute approximate surface area is 77.1 Å². The first-order valence-electron chi connectivity index (χ1n) is 4.55. The molecule has 2 saturated heterocycles. The molecule has 0 bridgehead atoms. The minimum Gasteiger partial charge on any atom is -0.469 e. The first-order chi connectivity index (χ1) is 6.27. The highest BCUT2D eigenvalue weighted by Crippen LogP contribution is 2.38. The zero-order valence-corrected chi connectivity index (χ0v) is 7.75. The van der Waals surface area contributed by atoms with Crippen LogP contribution in [0.3, 0.4) is 0 Å². The summed E-state index contributed by atoms with van der Waals surface area (Å²) in [4.78, 5) is 11.5. The second kappa shape index (κ2) is 3.27. The van der Waals surface area contributed by atoms with Gasteiger partial charge in [0.1, 0.15) is 0 Å². The molecule has 4 nitrogen and oxygen atoms in total. The van der Waals surface area contributed by atoms with Gasteiger partial charge in [-0.1, -0.05) is 0 Å². The Morgan fingerprint density at radius 1 is 1.69 bits per heavy atom. The lowest BCUT2D eigenvalue weighted by atomic mass is 9.82. The molecule has 13 heavy (non-hydrogen) atoms. The summed E-state index contributed by atoms with van der Waals surface area (Å²) >= 11 is 0. The van der Waals surface area contributed by atoms with E-state index in [4.69, 9.17) is 14.2 Å². The number of methoxy groups -OCH3 is 1. The molecule has 2 aliphatic rings. The molecule has 0 saturated carbocycles. The van der Waals surface area contributed by atoms with Crippen LogP contribution < -0.4 is 0 Å². The third-order valence-electron chi connectivity index (χ3n) is 2.74. The lowest BCUT2D eigenvalue weighted by Crippen LogP contribution is -2.34. The largest absolute Gasteiger partial charge is 0.469 e. The van der Waals surface area contributed by atoms with Gasteiger partial charge in [0.25, 0.3) is 0 Å². The van der Waals surface area contributed by atoms with Crippen LogP contribution in [0.5, 0.6) is 0 Å². The van der Waals surface area contributed by atoms with E-state index in [1.54, 1.807) is 0 Å². The quantitative estimate of drug-likeness (QED) is 0.471. The van der Waals surface area contributed by atoms with Gasteiger partial charge in [-0.05, 0) is 12.8 Å². The van der Waals surface area contributed by atoms with E-state index in [1.165, 1.54) is 7.11 Å². The molecule has 2 rings (SSSR count). The van der Waals surface area contributed by atoms with Crippen LogP contribution in [0.15, 0.2) is 0 Å². The van der Waals surface area contributed by atoms with Gasteiger partial charge in [-0.3, -0.25) is 4.79 Å². The normalized spacial score (nSPS) is 37.5. The molecule has 0 amide bonds. The van der Waals surface area contributed by atoms with E-state index in [2.05, 4.69) is 0 Å². The predicted molar refractivity (Wildman–Crippen MR) is 44.2 cm³/mol. The van der Waals surface area contributed by atoms with Crippen LogP contribution >= 0.6 is 0 Å². The number of rotatable bonds is 3. The lowest BCUT2D eigenvalue weighted by molar-refractivity contribution is -0.153. The van der Waals surface area contributed by atoms with Crippen molar-refractivity contribution in [2.75, 3.05) is 26.9 Å². The van der Waals surface area contributed by atoms with E-state index in [0.29, 0.717) is 13.2 Å². The second-order valence-corrected chi connectivity index (χ2v) is 3.73. The predicted octanol–water partition coefficient (Wildman–Crippen LogP) is 0.355. The highest BCUT2D eigenvalue weighted by Gasteiger charge is 2.47. The van der Waals surface area contributed by atoms with Crippen molar-refractivity contribution in [2.24, 2.45) is 5.41 Å². The summed E-state index contributed by atoms with van der Waals surface area (Å²) in [5.74, 6) is -0.152. The maximum Gasteiger partial charge on any atom is 0.314 e. The number of hydrogen-bond donors (Lipinski definition) is 0. The Morgan fingerprint density at radius 3 is 2.92 bits per heavy atom. The molecule has 2 aliphatic heterocycles. The van der Waals surface area contributed by atoms with E-state index in [-0.39, 0.29) is 12.1 Å². The van der Waals surface area contributed by atoms with Gasteiger partial charge in [0.15, 0.2) is 0 Å². The Hall–Kier alpha value is -0.610. The van der Waals surface area contributed by atoms with E-state index in [9.17, 15) is 4.79 Å². The van der Waals surface area contributed by atoms with Crippen molar-refractivity contribution in [2.45, 2.75) is 18.9 Å². The highest BCUT2D eigenvalue weighted by molar-refractivity contribution is 5.77. The fraction of sp³-hybridized carbons (Fsp3) is 0.889. The molecule has 4 heteroatoms. The first kappa shape index (κ1) is 8.97. The van der Waals surface area contributed by atoms with Gasteiger partial charge in [-0.25, -0.2) is 0 Å². The third-order valence-corrected chi connectivity index (χ3v) is 2.74. The van der Waals surface area contributed by atoms with Crippen molar-refractivity contribution in [1.29, 1.82) is 0 Å². The van der Waals surface area contributed by atoms with Crippen LogP contribution in [-0.2, 0) is 19.0 Å². The zero-order chi connectivity index (χ0) is 9.31. The van der Waals surface area contributed by atoms with Crippen molar-refractivity contribution < 1.29 is 19.0 Å². The van der Waals surface area contributed by atoms with E-state index in [1.807, 2.05) is 0 Å². The Kier molecular flexibility index (Phi) is 2.26. The van der Waals surface area contributed by atoms with Crippen LogP contribution in [0, 0.1) is 5.41 Å². The SMILES string of the molecule is COC(=O)C1(CC2CO2)CCOC1. The molecule has 0 aromatic carbocycles. The summed E-state index contributed by atoms with van der Waals surface area (Å²) in [5, 5.41) is 0. The van der Waals surface area contributed by atoms with Crippen molar-refractivity contribution in [1.82, 2.24) is 0 Å². The molecule has 2 fully saturated rings.